The molecule has 1 amide bonds. The molecular weight excluding hydrogens is 449 g/mol. The number of likely N-dealkylation sites (tertiary alicyclic amines) is 1. The van der Waals surface area contributed by atoms with Crippen molar-refractivity contribution in [3.63, 3.8) is 0 Å². The van der Waals surface area contributed by atoms with Crippen LogP contribution in [0.1, 0.15) is 48.4 Å². The molecule has 1 aliphatic rings. The molecule has 2 aromatic rings. The maximum atomic E-state index is 13.4. The van der Waals surface area contributed by atoms with Gasteiger partial charge in [0, 0.05) is 16.6 Å². The van der Waals surface area contributed by atoms with Gasteiger partial charge in [0.05, 0.1) is 12.1 Å². The van der Waals surface area contributed by atoms with Gasteiger partial charge in [-0.2, -0.15) is 0 Å². The highest BCUT2D eigenvalue weighted by atomic mass is 35.5. The monoisotopic (exact) mass is 477 g/mol. The van der Waals surface area contributed by atoms with Crippen LogP contribution in [0.5, 0.6) is 0 Å². The zero-order valence-electron chi connectivity index (χ0n) is 18.7. The normalized spacial score (nSPS) is 15.5. The molecule has 7 heteroatoms. The van der Waals surface area contributed by atoms with E-state index < -0.39 is 11.5 Å². The summed E-state index contributed by atoms with van der Waals surface area (Å²) < 4.78 is 10.3. The number of ether oxygens (including phenoxy) is 2. The van der Waals surface area contributed by atoms with Crippen LogP contribution in [0.3, 0.4) is 0 Å². The first-order valence-electron chi connectivity index (χ1n) is 10.9. The summed E-state index contributed by atoms with van der Waals surface area (Å²) in [5.74, 6) is -0.678. The molecule has 0 atom stereocenters. The molecule has 0 saturated carbocycles. The summed E-state index contributed by atoms with van der Waals surface area (Å²) in [7, 11) is 0. The predicted molar refractivity (Wildman–Crippen MR) is 126 cm³/mol. The molecule has 3 rings (SSSR count). The van der Waals surface area contributed by atoms with Crippen molar-refractivity contribution >= 4 is 35.1 Å². The molecule has 0 unspecified atom stereocenters. The molecule has 0 aromatic heterocycles. The van der Waals surface area contributed by atoms with E-state index in [-0.39, 0.29) is 25.7 Å². The number of carbonyl (C=O) groups is 2. The first-order chi connectivity index (χ1) is 15.3. The van der Waals surface area contributed by atoms with E-state index in [4.69, 9.17) is 32.7 Å². The highest BCUT2D eigenvalue weighted by Gasteiger charge is 2.44. The fourth-order valence-corrected chi connectivity index (χ4v) is 4.64. The van der Waals surface area contributed by atoms with Crippen LogP contribution in [0.2, 0.25) is 10.0 Å². The second kappa shape index (κ2) is 10.7. The average Bonchev–Trinajstić information content (AvgIpc) is 2.77. The lowest BCUT2D eigenvalue weighted by Crippen LogP contribution is -2.54. The maximum absolute atomic E-state index is 13.4. The summed E-state index contributed by atoms with van der Waals surface area (Å²) in [6, 6.07) is 11.9. The number of amides is 1. The molecule has 172 valence electrons. The molecule has 32 heavy (non-hydrogen) atoms. The number of aryl methyl sites for hydroxylation is 2. The van der Waals surface area contributed by atoms with Crippen molar-refractivity contribution in [1.29, 1.82) is 0 Å². The molecule has 5 nitrogen and oxygen atoms in total. The fraction of sp³-hybridized carbons (Fsp3) is 0.440. The first-order valence-corrected chi connectivity index (χ1v) is 11.6. The van der Waals surface area contributed by atoms with Crippen molar-refractivity contribution in [1.82, 2.24) is 4.90 Å². The highest BCUT2D eigenvalue weighted by Crippen LogP contribution is 2.45. The fourth-order valence-electron chi connectivity index (χ4n) is 4.28. The molecular formula is C25H29Cl2NO4. The summed E-state index contributed by atoms with van der Waals surface area (Å²) in [5.41, 5.74) is 3.09. The third-order valence-corrected chi connectivity index (χ3v) is 6.80. The number of nitrogens with zero attached hydrogens (tertiary/aromatic N) is 1. The summed E-state index contributed by atoms with van der Waals surface area (Å²) in [6.45, 7) is 6.01. The van der Waals surface area contributed by atoms with Gasteiger partial charge in [-0.05, 0) is 74.4 Å². The van der Waals surface area contributed by atoms with Crippen LogP contribution in [0.4, 0.5) is 0 Å². The first kappa shape index (κ1) is 24.6. The second-order valence-corrected chi connectivity index (χ2v) is 8.90. The summed E-state index contributed by atoms with van der Waals surface area (Å²) in [6.07, 6.45) is 2.56. The highest BCUT2D eigenvalue weighted by molar-refractivity contribution is 6.31. The number of carbonyl (C=O) groups excluding carboxylic acids is 2. The van der Waals surface area contributed by atoms with Gasteiger partial charge in [-0.15, -0.1) is 0 Å². The molecule has 1 aliphatic heterocycles. The molecule has 1 fully saturated rings. The molecule has 0 N–H and O–H groups in total. The summed E-state index contributed by atoms with van der Waals surface area (Å²) in [5, 5.41) is 1.30. The summed E-state index contributed by atoms with van der Waals surface area (Å²) >= 11 is 13.0. The minimum absolute atomic E-state index is 0.192. The average molecular weight is 478 g/mol. The Morgan fingerprint density at radius 2 is 1.56 bits per heavy atom. The van der Waals surface area contributed by atoms with E-state index in [1.807, 2.05) is 55.1 Å². The number of halogens is 2. The van der Waals surface area contributed by atoms with Crippen molar-refractivity contribution < 1.29 is 19.1 Å². The van der Waals surface area contributed by atoms with Crippen LogP contribution in [-0.4, -0.2) is 43.1 Å². The predicted octanol–water partition coefficient (Wildman–Crippen LogP) is 5.45. The van der Waals surface area contributed by atoms with Gasteiger partial charge in [-0.1, -0.05) is 47.5 Å². The topological polar surface area (TPSA) is 55.8 Å². The maximum Gasteiger partial charge on any atom is 0.332 e. The smallest absolute Gasteiger partial charge is 0.332 e. The largest absolute Gasteiger partial charge is 0.464 e. The number of piperidine rings is 1. The van der Waals surface area contributed by atoms with Crippen LogP contribution in [-0.2, 0) is 24.6 Å². The lowest BCUT2D eigenvalue weighted by atomic mass is 9.74. The zero-order valence-corrected chi connectivity index (χ0v) is 20.3. The molecule has 0 radical (unpaired) electrons. The molecule has 0 spiro atoms. The quantitative estimate of drug-likeness (QED) is 0.497. The van der Waals surface area contributed by atoms with Crippen LogP contribution < -0.4 is 0 Å². The van der Waals surface area contributed by atoms with Crippen molar-refractivity contribution in [2.75, 3.05) is 26.4 Å². The van der Waals surface area contributed by atoms with E-state index in [2.05, 4.69) is 0 Å². The van der Waals surface area contributed by atoms with E-state index in [1.165, 1.54) is 0 Å². The van der Waals surface area contributed by atoms with Crippen molar-refractivity contribution in [3.8, 4) is 0 Å². The van der Waals surface area contributed by atoms with Gasteiger partial charge in [0.2, 0.25) is 5.91 Å². The van der Waals surface area contributed by atoms with Gasteiger partial charge >= 0.3 is 5.97 Å². The Labute approximate surface area is 199 Å². The Kier molecular flexibility index (Phi) is 8.21. The Bertz CT molecular complexity index is 940. The van der Waals surface area contributed by atoms with E-state index in [1.54, 1.807) is 6.92 Å². The minimum atomic E-state index is -0.725. The van der Waals surface area contributed by atoms with Gasteiger partial charge in [0.25, 0.3) is 0 Å². The molecule has 1 saturated heterocycles. The van der Waals surface area contributed by atoms with E-state index in [0.717, 1.165) is 41.5 Å². The molecule has 0 aliphatic carbocycles. The Hall–Kier alpha value is -2.08. The minimum Gasteiger partial charge on any atom is -0.464 e. The number of esters is 1. The van der Waals surface area contributed by atoms with Crippen molar-refractivity contribution in [2.24, 2.45) is 0 Å². The standard InChI is InChI=1S/C25H29Cl2NO4/c1-4-32-24(30)16-31-15-23(29)28-12-6-5-11-25(28,19-9-7-17(2)21(26)13-19)20-10-8-18(3)22(27)14-20/h7-10,13-14H,4-6,11-12,15-16H2,1-3H3. The summed E-state index contributed by atoms with van der Waals surface area (Å²) in [4.78, 5) is 26.8. The van der Waals surface area contributed by atoms with Crippen LogP contribution in [0.15, 0.2) is 36.4 Å². The number of hydrogen-bond donors (Lipinski definition) is 0. The van der Waals surface area contributed by atoms with Gasteiger partial charge < -0.3 is 14.4 Å². The van der Waals surface area contributed by atoms with E-state index in [9.17, 15) is 9.59 Å². The molecule has 2 aromatic carbocycles. The van der Waals surface area contributed by atoms with Crippen LogP contribution in [0, 0.1) is 13.8 Å². The number of rotatable bonds is 7. The Balaban J connectivity index is 2.02. The van der Waals surface area contributed by atoms with Crippen molar-refractivity contribution in [3.05, 3.63) is 68.7 Å². The van der Waals surface area contributed by atoms with Gasteiger partial charge in [0.1, 0.15) is 13.2 Å². The van der Waals surface area contributed by atoms with Gasteiger partial charge in [-0.25, -0.2) is 4.79 Å². The number of benzene rings is 2. The van der Waals surface area contributed by atoms with Gasteiger partial charge in [0.15, 0.2) is 0 Å². The molecule has 0 bridgehead atoms. The van der Waals surface area contributed by atoms with E-state index in [0.29, 0.717) is 16.6 Å². The lowest BCUT2D eigenvalue weighted by Gasteiger charge is -2.48. The van der Waals surface area contributed by atoms with Crippen LogP contribution >= 0.6 is 23.2 Å². The zero-order chi connectivity index (χ0) is 23.3. The van der Waals surface area contributed by atoms with Crippen molar-refractivity contribution in [2.45, 2.75) is 45.6 Å². The molecule has 1 heterocycles. The van der Waals surface area contributed by atoms with Gasteiger partial charge in [-0.3, -0.25) is 4.79 Å². The second-order valence-electron chi connectivity index (χ2n) is 8.09. The Morgan fingerprint density at radius 1 is 0.969 bits per heavy atom. The third kappa shape index (κ3) is 5.11. The SMILES string of the molecule is CCOC(=O)COCC(=O)N1CCCCC1(c1ccc(C)c(Cl)c1)c1ccc(C)c(Cl)c1. The number of hydrogen-bond acceptors (Lipinski definition) is 4. The van der Waals surface area contributed by atoms with E-state index >= 15 is 0 Å². The Morgan fingerprint density at radius 3 is 2.09 bits per heavy atom. The lowest BCUT2D eigenvalue weighted by molar-refractivity contribution is -0.152. The third-order valence-electron chi connectivity index (χ3n) is 5.98. The van der Waals surface area contributed by atoms with Crippen LogP contribution in [0.25, 0.3) is 0 Å².